The van der Waals surface area contributed by atoms with E-state index in [1.165, 1.54) is 5.56 Å². The van der Waals surface area contributed by atoms with Crippen LogP contribution in [0.3, 0.4) is 0 Å². The fraction of sp³-hybridized carbons (Fsp3) is 0.550. The summed E-state index contributed by atoms with van der Waals surface area (Å²) >= 11 is 0. The van der Waals surface area contributed by atoms with E-state index in [-0.39, 0.29) is 11.3 Å². The van der Waals surface area contributed by atoms with Crippen LogP contribution in [0.15, 0.2) is 30.3 Å². The third-order valence-electron chi connectivity index (χ3n) is 5.84. The molecule has 0 bridgehead atoms. The molecule has 0 spiro atoms. The van der Waals surface area contributed by atoms with Crippen LogP contribution >= 0.6 is 0 Å². The number of aryl methyl sites for hydroxylation is 1. The first-order valence-electron chi connectivity index (χ1n) is 9.38. The lowest BCUT2D eigenvalue weighted by molar-refractivity contribution is -0.148. The summed E-state index contributed by atoms with van der Waals surface area (Å²) in [5.41, 5.74) is 1.09. The van der Waals surface area contributed by atoms with Gasteiger partial charge in [0.2, 0.25) is 5.91 Å². The molecular weight excluding hydrogens is 312 g/mol. The van der Waals surface area contributed by atoms with E-state index >= 15 is 0 Å². The minimum atomic E-state index is -0.182. The highest BCUT2D eigenvalue weighted by molar-refractivity contribution is 5.84. The molecule has 132 valence electrons. The monoisotopic (exact) mass is 338 g/mol. The second-order valence-corrected chi connectivity index (χ2v) is 7.67. The van der Waals surface area contributed by atoms with E-state index in [0.717, 1.165) is 63.3 Å². The zero-order chi connectivity index (χ0) is 17.3. The summed E-state index contributed by atoms with van der Waals surface area (Å²) in [7, 11) is 0. The molecular formula is C20H26N4O. The van der Waals surface area contributed by atoms with E-state index in [1.807, 2.05) is 13.0 Å². The van der Waals surface area contributed by atoms with Crippen LogP contribution < -0.4 is 0 Å². The molecule has 5 nitrogen and oxygen atoms in total. The van der Waals surface area contributed by atoms with E-state index in [0.29, 0.717) is 5.91 Å². The Kier molecular flexibility index (Phi) is 4.32. The molecule has 1 amide bonds. The quantitative estimate of drug-likeness (QED) is 0.931. The van der Waals surface area contributed by atoms with Gasteiger partial charge in [-0.2, -0.15) is 5.10 Å². The summed E-state index contributed by atoms with van der Waals surface area (Å²) in [6.45, 7) is 3.55. The molecule has 1 aliphatic heterocycles. The number of likely N-dealkylation sites (tertiary alicyclic amines) is 1. The minimum Gasteiger partial charge on any atom is -0.341 e. The average molecular weight is 338 g/mol. The molecule has 1 aromatic carbocycles. The number of benzene rings is 1. The van der Waals surface area contributed by atoms with Crippen molar-refractivity contribution < 1.29 is 4.79 Å². The number of amides is 1. The number of rotatable bonds is 4. The Morgan fingerprint density at radius 2 is 2.08 bits per heavy atom. The van der Waals surface area contributed by atoms with Crippen LogP contribution in [0.1, 0.15) is 55.2 Å². The van der Waals surface area contributed by atoms with Crippen LogP contribution in [0.2, 0.25) is 0 Å². The predicted molar refractivity (Wildman–Crippen MR) is 96.1 cm³/mol. The van der Waals surface area contributed by atoms with Crippen molar-refractivity contribution in [2.45, 2.75) is 51.4 Å². The highest BCUT2D eigenvalue weighted by atomic mass is 16.2. The molecule has 2 aliphatic rings. The van der Waals surface area contributed by atoms with E-state index in [2.05, 4.69) is 44.3 Å². The number of hydrogen-bond acceptors (Lipinski definition) is 3. The number of aromatic amines is 1. The average Bonchev–Trinajstić information content (AvgIpc) is 3.05. The van der Waals surface area contributed by atoms with E-state index in [4.69, 9.17) is 0 Å². The minimum absolute atomic E-state index is 0.182. The van der Waals surface area contributed by atoms with E-state index in [9.17, 15) is 4.79 Å². The van der Waals surface area contributed by atoms with Gasteiger partial charge in [0.25, 0.3) is 0 Å². The second kappa shape index (κ2) is 6.62. The number of hydrogen-bond donors (Lipinski definition) is 1. The number of piperidine rings is 1. The van der Waals surface area contributed by atoms with Gasteiger partial charge in [-0.05, 0) is 44.6 Å². The van der Waals surface area contributed by atoms with Gasteiger partial charge >= 0.3 is 0 Å². The molecule has 5 heteroatoms. The summed E-state index contributed by atoms with van der Waals surface area (Å²) in [6, 6.07) is 10.4. The third-order valence-corrected chi connectivity index (χ3v) is 5.84. The predicted octanol–water partition coefficient (Wildman–Crippen LogP) is 3.23. The third kappa shape index (κ3) is 3.20. The van der Waals surface area contributed by atoms with Gasteiger partial charge in [-0.1, -0.05) is 36.8 Å². The van der Waals surface area contributed by atoms with Crippen molar-refractivity contribution in [1.29, 1.82) is 0 Å². The molecule has 2 fully saturated rings. The molecule has 1 N–H and O–H groups in total. The summed E-state index contributed by atoms with van der Waals surface area (Å²) in [5, 5.41) is 7.25. The molecule has 1 saturated carbocycles. The molecule has 2 aromatic rings. The molecule has 25 heavy (non-hydrogen) atoms. The molecule has 1 aliphatic carbocycles. The fourth-order valence-corrected chi connectivity index (χ4v) is 4.31. The van der Waals surface area contributed by atoms with Crippen molar-refractivity contribution >= 4 is 5.91 Å². The molecule has 0 unspecified atom stereocenters. The molecule has 2 heterocycles. The first-order valence-corrected chi connectivity index (χ1v) is 9.38. The second-order valence-electron chi connectivity index (χ2n) is 7.67. The first-order chi connectivity index (χ1) is 12.2. The lowest BCUT2D eigenvalue weighted by Gasteiger charge is -2.45. The van der Waals surface area contributed by atoms with Gasteiger partial charge in [-0.25, -0.2) is 4.98 Å². The highest BCUT2D eigenvalue weighted by Crippen LogP contribution is 2.46. The van der Waals surface area contributed by atoms with Crippen molar-refractivity contribution in [3.8, 4) is 0 Å². The molecule has 4 rings (SSSR count). The molecule has 1 aromatic heterocycles. The number of carbonyl (C=O) groups excluding carboxylic acids is 1. The van der Waals surface area contributed by atoms with E-state index < -0.39 is 0 Å². The topological polar surface area (TPSA) is 61.9 Å². The van der Waals surface area contributed by atoms with Crippen molar-refractivity contribution in [3.05, 3.63) is 47.5 Å². The Balaban J connectivity index is 1.49. The number of H-pyrrole nitrogens is 1. The van der Waals surface area contributed by atoms with Crippen molar-refractivity contribution in [2.24, 2.45) is 5.41 Å². The number of aromatic nitrogens is 3. The van der Waals surface area contributed by atoms with Crippen molar-refractivity contribution in [3.63, 3.8) is 0 Å². The Morgan fingerprint density at radius 3 is 2.72 bits per heavy atom. The number of carbonyl (C=O) groups is 1. The Hall–Kier alpha value is -2.17. The molecule has 1 saturated heterocycles. The maximum absolute atomic E-state index is 13.4. The first kappa shape index (κ1) is 16.3. The summed E-state index contributed by atoms with van der Waals surface area (Å²) in [5.74, 6) is 2.31. The van der Waals surface area contributed by atoms with Gasteiger partial charge in [0, 0.05) is 19.0 Å². The highest BCUT2D eigenvalue weighted by Gasteiger charge is 2.47. The summed E-state index contributed by atoms with van der Waals surface area (Å²) < 4.78 is 0. The van der Waals surface area contributed by atoms with Gasteiger partial charge < -0.3 is 4.90 Å². The fourth-order valence-electron chi connectivity index (χ4n) is 4.31. The van der Waals surface area contributed by atoms with E-state index in [1.54, 1.807) is 0 Å². The lowest BCUT2D eigenvalue weighted by atomic mass is 9.64. The zero-order valence-electron chi connectivity index (χ0n) is 14.9. The maximum Gasteiger partial charge on any atom is 0.229 e. The van der Waals surface area contributed by atoms with Crippen molar-refractivity contribution in [2.75, 3.05) is 13.1 Å². The largest absolute Gasteiger partial charge is 0.341 e. The molecule has 0 radical (unpaired) electrons. The van der Waals surface area contributed by atoms with Crippen LogP contribution in [0, 0.1) is 12.3 Å². The summed E-state index contributed by atoms with van der Waals surface area (Å²) in [4.78, 5) is 19.9. The van der Waals surface area contributed by atoms with Gasteiger partial charge in [0.1, 0.15) is 5.82 Å². The van der Waals surface area contributed by atoms with Crippen LogP contribution in [-0.4, -0.2) is 39.1 Å². The van der Waals surface area contributed by atoms with Crippen LogP contribution in [0.4, 0.5) is 0 Å². The Labute approximate surface area is 148 Å². The zero-order valence-corrected chi connectivity index (χ0v) is 14.9. The number of nitrogens with zero attached hydrogens (tertiary/aromatic N) is 3. The normalized spacial score (nSPS) is 22.4. The molecule has 1 atom stereocenters. The standard InChI is InChI=1S/C20H26N4O/c1-15-21-18(23-22-15)17-9-5-12-24(14-17)19(25)20(10-6-11-20)13-16-7-3-2-4-8-16/h2-4,7-8,17H,5-6,9-14H2,1H3,(H,21,22,23)/t17-/m1/s1. The van der Waals surface area contributed by atoms with Crippen LogP contribution in [-0.2, 0) is 11.2 Å². The number of nitrogens with one attached hydrogen (secondary N) is 1. The van der Waals surface area contributed by atoms with Crippen molar-refractivity contribution in [1.82, 2.24) is 20.1 Å². The Bertz CT molecular complexity index is 735. The SMILES string of the molecule is Cc1nc([C@@H]2CCCN(C(=O)C3(Cc4ccccc4)CCC3)C2)n[nH]1. The van der Waals surface area contributed by atoms with Gasteiger partial charge in [0.05, 0.1) is 5.41 Å². The van der Waals surface area contributed by atoms with Crippen LogP contribution in [0.5, 0.6) is 0 Å². The Morgan fingerprint density at radius 1 is 1.28 bits per heavy atom. The maximum atomic E-state index is 13.4. The van der Waals surface area contributed by atoms with Gasteiger partial charge in [0.15, 0.2) is 5.82 Å². The smallest absolute Gasteiger partial charge is 0.229 e. The summed E-state index contributed by atoms with van der Waals surface area (Å²) in [6.07, 6.45) is 6.16. The lowest BCUT2D eigenvalue weighted by Crippen LogP contribution is -2.51. The van der Waals surface area contributed by atoms with Gasteiger partial charge in [-0.15, -0.1) is 0 Å². The van der Waals surface area contributed by atoms with Gasteiger partial charge in [-0.3, -0.25) is 9.89 Å². The van der Waals surface area contributed by atoms with Crippen LogP contribution in [0.25, 0.3) is 0 Å².